The summed E-state index contributed by atoms with van der Waals surface area (Å²) in [4.78, 5) is 4.84. The molecule has 0 saturated carbocycles. The van der Waals surface area contributed by atoms with Crippen LogP contribution in [0.2, 0.25) is 0 Å². The van der Waals surface area contributed by atoms with Crippen LogP contribution in [0.4, 0.5) is 28.4 Å². The number of benzene rings is 7. The van der Waals surface area contributed by atoms with Crippen LogP contribution < -0.4 is 9.80 Å². The van der Waals surface area contributed by atoms with Crippen molar-refractivity contribution in [3.8, 4) is 0 Å². The van der Waals surface area contributed by atoms with Gasteiger partial charge in [-0.15, -0.1) is 11.3 Å². The van der Waals surface area contributed by atoms with Crippen molar-refractivity contribution < 1.29 is 0 Å². The number of rotatable bonds is 6. The Morgan fingerprint density at radius 2 is 1.09 bits per heavy atom. The molecule has 8 aromatic rings. The Hall–Kier alpha value is -5.64. The summed E-state index contributed by atoms with van der Waals surface area (Å²) in [6.45, 7) is 0. The highest BCUT2D eigenvalue weighted by Crippen LogP contribution is 2.47. The third-order valence-corrected chi connectivity index (χ3v) is 10.5. The summed E-state index contributed by atoms with van der Waals surface area (Å²) < 4.78 is 2.66. The second-order valence-corrected chi connectivity index (χ2v) is 13.1. The first kappa shape index (κ1) is 27.7. The van der Waals surface area contributed by atoms with Crippen molar-refractivity contribution in [1.82, 2.24) is 0 Å². The molecule has 0 amide bonds. The second-order valence-electron chi connectivity index (χ2n) is 12.1. The topological polar surface area (TPSA) is 6.48 Å². The largest absolute Gasteiger partial charge is 0.334 e. The number of hydrogen-bond acceptors (Lipinski definition) is 3. The van der Waals surface area contributed by atoms with Gasteiger partial charge in [-0.25, -0.2) is 0 Å². The fourth-order valence-electron chi connectivity index (χ4n) is 7.20. The van der Waals surface area contributed by atoms with E-state index in [1.165, 1.54) is 53.1 Å². The lowest BCUT2D eigenvalue weighted by atomic mass is 9.96. The molecule has 1 aliphatic rings. The van der Waals surface area contributed by atoms with Crippen LogP contribution >= 0.6 is 11.3 Å². The SMILES string of the molecule is C1=CCC(N(c2ccccc2)c2ccc3sc4c5ccc(N(c6ccccc6)c6ccccc6)cc5c5ccccc5c4c3c2)C=C1. The van der Waals surface area contributed by atoms with E-state index in [0.717, 1.165) is 23.5 Å². The minimum Gasteiger partial charge on any atom is -0.334 e. The van der Waals surface area contributed by atoms with E-state index in [2.05, 4.69) is 186 Å². The van der Waals surface area contributed by atoms with Gasteiger partial charge in [0.15, 0.2) is 0 Å². The standard InChI is InChI=1S/C44H32N2S/c1-5-15-31(16-6-1)45(32-17-7-2-8-18-32)35-25-27-39-40(29-35)37-23-13-14-24-38(37)43-41-30-36(26-28-42(41)47-44(39)43)46(33-19-9-3-10-20-33)34-21-11-4-12-22-34/h1-21,23-30,34H,22H2. The van der Waals surface area contributed by atoms with Crippen LogP contribution in [0.1, 0.15) is 6.42 Å². The fraction of sp³-hybridized carbons (Fsp3) is 0.0455. The molecule has 224 valence electrons. The number of allylic oxidation sites excluding steroid dienone is 2. The fourth-order valence-corrected chi connectivity index (χ4v) is 8.44. The van der Waals surface area contributed by atoms with Gasteiger partial charge in [-0.3, -0.25) is 0 Å². The summed E-state index contributed by atoms with van der Waals surface area (Å²) in [6, 6.07) is 55.4. The molecule has 1 aliphatic carbocycles. The number of hydrogen-bond donors (Lipinski definition) is 0. The Labute approximate surface area is 278 Å². The molecule has 0 saturated heterocycles. The van der Waals surface area contributed by atoms with Crippen LogP contribution in [0.15, 0.2) is 176 Å². The molecule has 2 nitrogen and oxygen atoms in total. The molecule has 1 atom stereocenters. The minimum atomic E-state index is 0.262. The van der Waals surface area contributed by atoms with Gasteiger partial charge in [-0.1, -0.05) is 109 Å². The smallest absolute Gasteiger partial charge is 0.0559 e. The Bertz CT molecular complexity index is 2400. The predicted octanol–water partition coefficient (Wildman–Crippen LogP) is 12.9. The highest BCUT2D eigenvalue weighted by Gasteiger charge is 2.22. The van der Waals surface area contributed by atoms with E-state index in [4.69, 9.17) is 0 Å². The maximum Gasteiger partial charge on any atom is 0.0559 e. The minimum absolute atomic E-state index is 0.262. The van der Waals surface area contributed by atoms with Crippen LogP contribution in [0.5, 0.6) is 0 Å². The number of nitrogens with zero attached hydrogens (tertiary/aromatic N) is 2. The van der Waals surface area contributed by atoms with Crippen molar-refractivity contribution in [2.24, 2.45) is 0 Å². The molecule has 9 rings (SSSR count). The molecule has 47 heavy (non-hydrogen) atoms. The molecular weight excluding hydrogens is 589 g/mol. The Kier molecular flexibility index (Phi) is 6.84. The Balaban J connectivity index is 1.27. The van der Waals surface area contributed by atoms with Crippen LogP contribution in [-0.4, -0.2) is 6.04 Å². The van der Waals surface area contributed by atoms with Crippen molar-refractivity contribution in [2.45, 2.75) is 12.5 Å². The van der Waals surface area contributed by atoms with E-state index >= 15 is 0 Å². The molecule has 0 N–H and O–H groups in total. The zero-order chi connectivity index (χ0) is 31.2. The summed E-state index contributed by atoms with van der Waals surface area (Å²) in [5.41, 5.74) is 5.86. The summed E-state index contributed by atoms with van der Waals surface area (Å²) >= 11 is 1.91. The van der Waals surface area contributed by atoms with Gasteiger partial charge in [0.05, 0.1) is 6.04 Å². The van der Waals surface area contributed by atoms with Crippen LogP contribution in [0.25, 0.3) is 41.7 Å². The molecule has 0 bridgehead atoms. The van der Waals surface area contributed by atoms with Gasteiger partial charge in [-0.05, 0) is 89.3 Å². The van der Waals surface area contributed by atoms with Crippen molar-refractivity contribution in [2.75, 3.05) is 9.80 Å². The maximum atomic E-state index is 2.49. The molecule has 0 fully saturated rings. The molecule has 3 heteroatoms. The first-order valence-electron chi connectivity index (χ1n) is 16.2. The zero-order valence-corrected chi connectivity index (χ0v) is 26.6. The maximum absolute atomic E-state index is 2.49. The lowest BCUT2D eigenvalue weighted by molar-refractivity contribution is 0.785. The van der Waals surface area contributed by atoms with Gasteiger partial charge in [0.1, 0.15) is 0 Å². The van der Waals surface area contributed by atoms with Crippen molar-refractivity contribution in [3.05, 3.63) is 176 Å². The number of thiophene rings is 1. The number of anilines is 5. The zero-order valence-electron chi connectivity index (χ0n) is 25.8. The molecular formula is C44H32N2S. The molecule has 0 aliphatic heterocycles. The van der Waals surface area contributed by atoms with Crippen LogP contribution in [0.3, 0.4) is 0 Å². The highest BCUT2D eigenvalue weighted by atomic mass is 32.1. The molecule has 1 heterocycles. The summed E-state index contributed by atoms with van der Waals surface area (Å²) in [7, 11) is 0. The molecule has 7 aromatic carbocycles. The molecule has 0 radical (unpaired) electrons. The van der Waals surface area contributed by atoms with E-state index in [1.54, 1.807) is 0 Å². The lowest BCUT2D eigenvalue weighted by Gasteiger charge is -2.32. The van der Waals surface area contributed by atoms with Gasteiger partial charge >= 0.3 is 0 Å². The predicted molar refractivity (Wildman–Crippen MR) is 204 cm³/mol. The van der Waals surface area contributed by atoms with E-state index in [1.807, 2.05) is 11.3 Å². The second kappa shape index (κ2) is 11.6. The Morgan fingerprint density at radius 3 is 1.77 bits per heavy atom. The molecule has 1 unspecified atom stereocenters. The normalized spacial score (nSPS) is 14.3. The van der Waals surface area contributed by atoms with Crippen molar-refractivity contribution in [1.29, 1.82) is 0 Å². The van der Waals surface area contributed by atoms with Gasteiger partial charge in [0, 0.05) is 54.0 Å². The lowest BCUT2D eigenvalue weighted by Crippen LogP contribution is -2.29. The summed E-state index contributed by atoms with van der Waals surface area (Å²) in [6.07, 6.45) is 9.89. The number of fused-ring (bicyclic) bond motifs is 8. The first-order valence-corrected chi connectivity index (χ1v) is 17.0. The summed E-state index contributed by atoms with van der Waals surface area (Å²) in [5, 5.41) is 7.82. The van der Waals surface area contributed by atoms with Crippen LogP contribution in [-0.2, 0) is 0 Å². The number of para-hydroxylation sites is 3. The first-order chi connectivity index (χ1) is 23.3. The van der Waals surface area contributed by atoms with Crippen molar-refractivity contribution in [3.63, 3.8) is 0 Å². The average Bonchev–Trinajstić information content (AvgIpc) is 3.53. The van der Waals surface area contributed by atoms with Gasteiger partial charge in [-0.2, -0.15) is 0 Å². The third-order valence-electron chi connectivity index (χ3n) is 9.30. The van der Waals surface area contributed by atoms with Crippen molar-refractivity contribution >= 4 is 81.5 Å². The van der Waals surface area contributed by atoms with Gasteiger partial charge in [0.25, 0.3) is 0 Å². The van der Waals surface area contributed by atoms with Gasteiger partial charge in [0.2, 0.25) is 0 Å². The van der Waals surface area contributed by atoms with E-state index in [-0.39, 0.29) is 6.04 Å². The quantitative estimate of drug-likeness (QED) is 0.171. The molecule has 0 spiro atoms. The van der Waals surface area contributed by atoms with Crippen LogP contribution in [0, 0.1) is 0 Å². The molecule has 1 aromatic heterocycles. The summed E-state index contributed by atoms with van der Waals surface area (Å²) in [5.74, 6) is 0. The van der Waals surface area contributed by atoms with E-state index in [9.17, 15) is 0 Å². The van der Waals surface area contributed by atoms with E-state index in [0.29, 0.717) is 0 Å². The highest BCUT2D eigenvalue weighted by molar-refractivity contribution is 7.27. The van der Waals surface area contributed by atoms with E-state index < -0.39 is 0 Å². The monoisotopic (exact) mass is 620 g/mol. The third kappa shape index (κ3) is 4.79. The average molecular weight is 621 g/mol. The van der Waals surface area contributed by atoms with Gasteiger partial charge < -0.3 is 9.80 Å². The Morgan fingerprint density at radius 1 is 0.468 bits per heavy atom.